The zero-order valence-electron chi connectivity index (χ0n) is 7.86. The van der Waals surface area contributed by atoms with Crippen LogP contribution in [0.2, 0.25) is 0 Å². The molecule has 1 radical (unpaired) electrons. The number of likely N-dealkylation sites (N-methyl/N-ethyl adjacent to an activating group) is 1. The van der Waals surface area contributed by atoms with Crippen LogP contribution in [-0.4, -0.2) is 48.3 Å². The summed E-state index contributed by atoms with van der Waals surface area (Å²) in [5, 5.41) is 0. The SMILES string of the molecule is CN1CC(=O)N=C1N1C[CH]CCC1. The maximum atomic E-state index is 11.0. The molecular formula is C9H14N3O. The molecule has 0 aromatic carbocycles. The molecule has 0 atom stereocenters. The van der Waals surface area contributed by atoms with Crippen LogP contribution >= 0.6 is 0 Å². The number of guanidine groups is 1. The Bertz CT molecular complexity index is 243. The van der Waals surface area contributed by atoms with E-state index in [4.69, 9.17) is 0 Å². The standard InChI is InChI=1S/C9H14N3O/c1-11-7-8(13)10-9(11)12-5-3-2-4-6-12/h3H,2,4-7H2,1H3. The highest BCUT2D eigenvalue weighted by molar-refractivity contribution is 6.00. The second-order valence-electron chi connectivity index (χ2n) is 3.54. The van der Waals surface area contributed by atoms with E-state index in [2.05, 4.69) is 16.3 Å². The lowest BCUT2D eigenvalue weighted by molar-refractivity contribution is -0.116. The number of hydrogen-bond acceptors (Lipinski definition) is 3. The van der Waals surface area contributed by atoms with E-state index in [1.54, 1.807) is 0 Å². The Hall–Kier alpha value is -1.06. The number of hydrogen-bond donors (Lipinski definition) is 0. The van der Waals surface area contributed by atoms with Gasteiger partial charge in [-0.05, 0) is 19.3 Å². The van der Waals surface area contributed by atoms with E-state index in [1.807, 2.05) is 11.9 Å². The fourth-order valence-electron chi connectivity index (χ4n) is 1.76. The summed E-state index contributed by atoms with van der Waals surface area (Å²) in [4.78, 5) is 19.1. The van der Waals surface area contributed by atoms with Crippen molar-refractivity contribution in [3.05, 3.63) is 6.42 Å². The van der Waals surface area contributed by atoms with E-state index in [-0.39, 0.29) is 5.91 Å². The van der Waals surface area contributed by atoms with Gasteiger partial charge in [-0.3, -0.25) is 4.79 Å². The van der Waals surface area contributed by atoms with Crippen molar-refractivity contribution in [3.63, 3.8) is 0 Å². The average molecular weight is 180 g/mol. The molecule has 2 heterocycles. The van der Waals surface area contributed by atoms with Crippen molar-refractivity contribution in [2.75, 3.05) is 26.7 Å². The number of carbonyl (C=O) groups excluding carboxylic acids is 1. The van der Waals surface area contributed by atoms with Gasteiger partial charge in [0.05, 0.1) is 0 Å². The predicted molar refractivity (Wildman–Crippen MR) is 50.2 cm³/mol. The van der Waals surface area contributed by atoms with Gasteiger partial charge >= 0.3 is 0 Å². The molecular weight excluding hydrogens is 166 g/mol. The number of amides is 1. The van der Waals surface area contributed by atoms with Crippen molar-refractivity contribution in [1.82, 2.24) is 9.80 Å². The highest BCUT2D eigenvalue weighted by Crippen LogP contribution is 2.12. The van der Waals surface area contributed by atoms with E-state index in [9.17, 15) is 4.79 Å². The van der Waals surface area contributed by atoms with Crippen LogP contribution < -0.4 is 0 Å². The Kier molecular flexibility index (Phi) is 2.20. The third-order valence-electron chi connectivity index (χ3n) is 2.41. The van der Waals surface area contributed by atoms with Crippen LogP contribution in [0.4, 0.5) is 0 Å². The monoisotopic (exact) mass is 180 g/mol. The van der Waals surface area contributed by atoms with Crippen LogP contribution in [0.15, 0.2) is 4.99 Å². The Morgan fingerprint density at radius 2 is 2.38 bits per heavy atom. The molecule has 2 aliphatic heterocycles. The summed E-state index contributed by atoms with van der Waals surface area (Å²) in [7, 11) is 1.92. The maximum Gasteiger partial charge on any atom is 0.268 e. The molecule has 0 N–H and O–H groups in total. The average Bonchev–Trinajstić information content (AvgIpc) is 2.47. The molecule has 0 aromatic rings. The Labute approximate surface area is 78.2 Å². The van der Waals surface area contributed by atoms with Gasteiger partial charge in [0.1, 0.15) is 6.54 Å². The van der Waals surface area contributed by atoms with E-state index < -0.39 is 0 Å². The summed E-state index contributed by atoms with van der Waals surface area (Å²) < 4.78 is 0. The van der Waals surface area contributed by atoms with E-state index in [1.165, 1.54) is 12.8 Å². The minimum absolute atomic E-state index is 0.0249. The second-order valence-corrected chi connectivity index (χ2v) is 3.54. The van der Waals surface area contributed by atoms with Crippen LogP contribution in [-0.2, 0) is 4.79 Å². The van der Waals surface area contributed by atoms with Crippen molar-refractivity contribution in [2.24, 2.45) is 4.99 Å². The third-order valence-corrected chi connectivity index (χ3v) is 2.41. The van der Waals surface area contributed by atoms with E-state index >= 15 is 0 Å². The van der Waals surface area contributed by atoms with Crippen molar-refractivity contribution in [1.29, 1.82) is 0 Å². The van der Waals surface area contributed by atoms with Crippen molar-refractivity contribution in [3.8, 4) is 0 Å². The maximum absolute atomic E-state index is 11.0. The molecule has 0 aromatic heterocycles. The van der Waals surface area contributed by atoms with Crippen LogP contribution in [0.1, 0.15) is 12.8 Å². The van der Waals surface area contributed by atoms with E-state index in [0.717, 1.165) is 19.0 Å². The molecule has 1 fully saturated rings. The van der Waals surface area contributed by atoms with Crippen molar-refractivity contribution >= 4 is 11.9 Å². The molecule has 0 unspecified atom stereocenters. The molecule has 1 amide bonds. The van der Waals surface area contributed by atoms with Gasteiger partial charge in [-0.25, -0.2) is 0 Å². The Balaban J connectivity index is 2.06. The van der Waals surface area contributed by atoms with Gasteiger partial charge in [-0.2, -0.15) is 4.99 Å². The zero-order chi connectivity index (χ0) is 9.26. The zero-order valence-corrected chi connectivity index (χ0v) is 7.86. The number of rotatable bonds is 0. The summed E-state index contributed by atoms with van der Waals surface area (Å²) in [5.74, 6) is 0.823. The Morgan fingerprint density at radius 1 is 1.54 bits per heavy atom. The van der Waals surface area contributed by atoms with Gasteiger partial charge in [0.2, 0.25) is 5.96 Å². The first-order valence-corrected chi connectivity index (χ1v) is 4.66. The molecule has 4 nitrogen and oxygen atoms in total. The van der Waals surface area contributed by atoms with Crippen LogP contribution in [0.25, 0.3) is 0 Å². The van der Waals surface area contributed by atoms with Gasteiger partial charge in [0, 0.05) is 20.1 Å². The van der Waals surface area contributed by atoms with E-state index in [0.29, 0.717) is 6.54 Å². The fraction of sp³-hybridized carbons (Fsp3) is 0.667. The lowest BCUT2D eigenvalue weighted by atomic mass is 10.1. The highest BCUT2D eigenvalue weighted by Gasteiger charge is 2.25. The highest BCUT2D eigenvalue weighted by atomic mass is 16.2. The second kappa shape index (κ2) is 3.36. The number of carbonyl (C=O) groups is 1. The van der Waals surface area contributed by atoms with Crippen LogP contribution in [0.5, 0.6) is 0 Å². The number of likely N-dealkylation sites (tertiary alicyclic amines) is 1. The number of piperidine rings is 1. The smallest absolute Gasteiger partial charge is 0.268 e. The molecule has 2 aliphatic rings. The Morgan fingerprint density at radius 3 is 2.92 bits per heavy atom. The normalized spacial score (nSPS) is 23.8. The molecule has 0 spiro atoms. The molecule has 13 heavy (non-hydrogen) atoms. The molecule has 4 heteroatoms. The first kappa shape index (κ1) is 8.53. The lowest BCUT2D eigenvalue weighted by Crippen LogP contribution is -2.42. The van der Waals surface area contributed by atoms with Gasteiger partial charge in [0.25, 0.3) is 5.91 Å². The van der Waals surface area contributed by atoms with Gasteiger partial charge < -0.3 is 9.80 Å². The summed E-state index contributed by atoms with van der Waals surface area (Å²) in [6, 6.07) is 0. The van der Waals surface area contributed by atoms with Crippen molar-refractivity contribution in [2.45, 2.75) is 12.8 Å². The third kappa shape index (κ3) is 1.66. The summed E-state index contributed by atoms with van der Waals surface area (Å²) in [5.41, 5.74) is 0. The van der Waals surface area contributed by atoms with Gasteiger partial charge in [-0.15, -0.1) is 0 Å². The molecule has 2 rings (SSSR count). The molecule has 0 aliphatic carbocycles. The fourth-order valence-corrected chi connectivity index (χ4v) is 1.76. The minimum atomic E-state index is -0.0249. The first-order valence-electron chi connectivity index (χ1n) is 4.66. The quantitative estimate of drug-likeness (QED) is 0.531. The largest absolute Gasteiger partial charge is 0.342 e. The van der Waals surface area contributed by atoms with Gasteiger partial charge in [0.15, 0.2) is 0 Å². The van der Waals surface area contributed by atoms with Crippen LogP contribution in [0.3, 0.4) is 0 Å². The summed E-state index contributed by atoms with van der Waals surface area (Å²) >= 11 is 0. The van der Waals surface area contributed by atoms with Crippen molar-refractivity contribution < 1.29 is 4.79 Å². The van der Waals surface area contributed by atoms with Crippen LogP contribution in [0, 0.1) is 6.42 Å². The summed E-state index contributed by atoms with van der Waals surface area (Å²) in [6.45, 7) is 2.38. The number of nitrogens with zero attached hydrogens (tertiary/aromatic N) is 3. The molecule has 71 valence electrons. The minimum Gasteiger partial charge on any atom is -0.342 e. The number of aliphatic imine (C=N–C) groups is 1. The molecule has 0 bridgehead atoms. The first-order chi connectivity index (χ1) is 6.27. The topological polar surface area (TPSA) is 35.9 Å². The van der Waals surface area contributed by atoms with Gasteiger partial charge in [-0.1, -0.05) is 0 Å². The molecule has 0 saturated carbocycles. The summed E-state index contributed by atoms with van der Waals surface area (Å²) in [6.07, 6.45) is 4.59. The molecule has 1 saturated heterocycles. The predicted octanol–water partition coefficient (Wildman–Crippen LogP) is 0.114. The lowest BCUT2D eigenvalue weighted by Gasteiger charge is -2.30.